The van der Waals surface area contributed by atoms with E-state index < -0.39 is 20.1 Å². The quantitative estimate of drug-likeness (QED) is 0.408. The van der Waals surface area contributed by atoms with Gasteiger partial charge in [0.15, 0.2) is 4.90 Å². The molecule has 0 saturated carbocycles. The molecule has 0 aliphatic heterocycles. The Bertz CT molecular complexity index is 412. The van der Waals surface area contributed by atoms with Crippen molar-refractivity contribution >= 4 is 15.2 Å². The first-order valence-corrected chi connectivity index (χ1v) is 11.0. The van der Waals surface area contributed by atoms with Gasteiger partial charge in [0.25, 0.3) is 0 Å². The van der Waals surface area contributed by atoms with E-state index in [1.54, 1.807) is 27.7 Å². The monoisotopic (exact) mass is 354 g/mol. The first kappa shape index (κ1) is 20.1. The van der Waals surface area contributed by atoms with Crippen molar-refractivity contribution in [3.05, 3.63) is 12.2 Å². The zero-order valence-corrected chi connectivity index (χ0v) is 15.7. The van der Waals surface area contributed by atoms with Gasteiger partial charge in [-0.2, -0.15) is 0 Å². The van der Waals surface area contributed by atoms with Gasteiger partial charge in [0.2, 0.25) is 0 Å². The molecule has 0 fully saturated rings. The van der Waals surface area contributed by atoms with Crippen molar-refractivity contribution in [1.82, 2.24) is 0 Å². The van der Waals surface area contributed by atoms with Crippen LogP contribution in [0.25, 0.3) is 0 Å². The van der Waals surface area contributed by atoms with Crippen LogP contribution < -0.4 is 0 Å². The lowest BCUT2D eigenvalue weighted by atomic mass is 10.1. The summed E-state index contributed by atoms with van der Waals surface area (Å²) in [7, 11) is -7.34. The van der Waals surface area contributed by atoms with E-state index in [0.29, 0.717) is 19.3 Å². The molecule has 8 heteroatoms. The number of hydrogen-bond donors (Lipinski definition) is 0. The Morgan fingerprint density at radius 3 is 1.50 bits per heavy atom. The second kappa shape index (κ2) is 8.77. The maximum absolute atomic E-state index is 13.5. The molecule has 1 aliphatic carbocycles. The fourth-order valence-electron chi connectivity index (χ4n) is 2.69. The van der Waals surface area contributed by atoms with Gasteiger partial charge in [-0.1, -0.05) is 12.2 Å². The minimum atomic E-state index is -3.67. The fraction of sp³-hybridized carbons (Fsp3) is 0.857. The third-order valence-corrected chi connectivity index (χ3v) is 10.3. The summed E-state index contributed by atoms with van der Waals surface area (Å²) >= 11 is 0. The van der Waals surface area contributed by atoms with E-state index in [2.05, 4.69) is 0 Å². The van der Waals surface area contributed by atoms with Crippen molar-refractivity contribution in [3.8, 4) is 0 Å². The van der Waals surface area contributed by atoms with E-state index in [-0.39, 0.29) is 26.4 Å². The molecule has 0 atom stereocenters. The molecule has 1 aliphatic rings. The highest BCUT2D eigenvalue weighted by Gasteiger charge is 2.64. The molecule has 22 heavy (non-hydrogen) atoms. The van der Waals surface area contributed by atoms with Crippen molar-refractivity contribution in [1.29, 1.82) is 0 Å². The van der Waals surface area contributed by atoms with Gasteiger partial charge in [-0.15, -0.1) is 0 Å². The molecule has 0 amide bonds. The zero-order chi connectivity index (χ0) is 16.7. The molecule has 0 N–H and O–H groups in total. The highest BCUT2D eigenvalue weighted by Crippen LogP contribution is 2.81. The van der Waals surface area contributed by atoms with E-state index in [1.807, 2.05) is 12.2 Å². The molecule has 130 valence electrons. The Morgan fingerprint density at radius 2 is 1.23 bits per heavy atom. The molecule has 0 saturated heterocycles. The normalized spacial score (nSPS) is 18.5. The minimum absolute atomic E-state index is 0.209. The molecule has 0 spiro atoms. The topological polar surface area (TPSA) is 71.1 Å². The van der Waals surface area contributed by atoms with Gasteiger partial charge in [-0.05, 0) is 47.0 Å². The number of allylic oxidation sites excluding steroid dienone is 2. The molecule has 0 aromatic heterocycles. The van der Waals surface area contributed by atoms with E-state index in [1.165, 1.54) is 0 Å². The summed E-state index contributed by atoms with van der Waals surface area (Å²) < 4.78 is 49.0. The SMILES string of the molecule is CCOP(=O)(OCC)C1(P(=O)(OCC)OCC)CC=CCC1. The number of rotatable bonds is 10. The van der Waals surface area contributed by atoms with E-state index in [9.17, 15) is 9.13 Å². The van der Waals surface area contributed by atoms with E-state index >= 15 is 0 Å². The van der Waals surface area contributed by atoms with Crippen molar-refractivity contribution in [2.45, 2.75) is 51.9 Å². The third-order valence-electron chi connectivity index (χ3n) is 3.54. The van der Waals surface area contributed by atoms with E-state index in [0.717, 1.165) is 0 Å². The third kappa shape index (κ3) is 3.75. The van der Waals surface area contributed by atoms with Gasteiger partial charge in [0.1, 0.15) is 0 Å². The Balaban J connectivity index is 3.43. The summed E-state index contributed by atoms with van der Waals surface area (Å²) in [5, 5.41) is 0. The van der Waals surface area contributed by atoms with Crippen molar-refractivity contribution < 1.29 is 27.2 Å². The van der Waals surface area contributed by atoms with Gasteiger partial charge in [-0.3, -0.25) is 9.13 Å². The summed E-state index contributed by atoms with van der Waals surface area (Å²) in [4.78, 5) is -1.27. The van der Waals surface area contributed by atoms with Gasteiger partial charge in [-0.25, -0.2) is 0 Å². The van der Waals surface area contributed by atoms with Gasteiger partial charge < -0.3 is 18.1 Å². The smallest absolute Gasteiger partial charge is 0.308 e. The van der Waals surface area contributed by atoms with Crippen LogP contribution in [0.5, 0.6) is 0 Å². The van der Waals surface area contributed by atoms with Crippen LogP contribution in [-0.4, -0.2) is 31.3 Å². The van der Waals surface area contributed by atoms with Crippen molar-refractivity contribution in [2.75, 3.05) is 26.4 Å². The van der Waals surface area contributed by atoms with Crippen LogP contribution in [0.1, 0.15) is 47.0 Å². The van der Waals surface area contributed by atoms with Crippen molar-refractivity contribution in [2.24, 2.45) is 0 Å². The Kier molecular flexibility index (Phi) is 8.01. The molecular formula is C14H28O6P2. The lowest BCUT2D eigenvalue weighted by Gasteiger charge is -2.42. The maximum Gasteiger partial charge on any atom is 0.349 e. The largest absolute Gasteiger partial charge is 0.349 e. The van der Waals surface area contributed by atoms with Crippen LogP contribution >= 0.6 is 15.2 Å². The molecular weight excluding hydrogens is 326 g/mol. The van der Waals surface area contributed by atoms with Crippen LogP contribution in [0.2, 0.25) is 0 Å². The average Bonchev–Trinajstić information content (AvgIpc) is 2.49. The number of hydrogen-bond acceptors (Lipinski definition) is 6. The highest BCUT2D eigenvalue weighted by molar-refractivity contribution is 7.74. The van der Waals surface area contributed by atoms with E-state index in [4.69, 9.17) is 18.1 Å². The molecule has 0 aromatic carbocycles. The Morgan fingerprint density at radius 1 is 0.818 bits per heavy atom. The zero-order valence-electron chi connectivity index (χ0n) is 13.9. The van der Waals surface area contributed by atoms with Crippen LogP contribution in [0.3, 0.4) is 0 Å². The molecule has 0 radical (unpaired) electrons. The second-order valence-corrected chi connectivity index (χ2v) is 9.95. The van der Waals surface area contributed by atoms with Crippen LogP contribution in [0.4, 0.5) is 0 Å². The van der Waals surface area contributed by atoms with Crippen molar-refractivity contribution in [3.63, 3.8) is 0 Å². The summed E-state index contributed by atoms with van der Waals surface area (Å²) in [6.07, 6.45) is 5.15. The molecule has 0 bridgehead atoms. The molecule has 6 nitrogen and oxygen atoms in total. The predicted octanol–water partition coefficient (Wildman–Crippen LogP) is 4.96. The molecule has 0 heterocycles. The molecule has 0 aromatic rings. The van der Waals surface area contributed by atoms with Gasteiger partial charge in [0, 0.05) is 0 Å². The molecule has 1 rings (SSSR count). The average molecular weight is 354 g/mol. The lowest BCUT2D eigenvalue weighted by molar-refractivity contribution is 0.173. The predicted molar refractivity (Wildman–Crippen MR) is 87.4 cm³/mol. The summed E-state index contributed by atoms with van der Waals surface area (Å²) in [6.45, 7) is 7.80. The van der Waals surface area contributed by atoms with Gasteiger partial charge >= 0.3 is 15.2 Å². The lowest BCUT2D eigenvalue weighted by Crippen LogP contribution is -2.34. The Labute approximate surface area is 133 Å². The first-order chi connectivity index (χ1) is 10.4. The molecule has 0 unspecified atom stereocenters. The summed E-state index contributed by atoms with van der Waals surface area (Å²) in [5.74, 6) is 0. The summed E-state index contributed by atoms with van der Waals surface area (Å²) in [6, 6.07) is 0. The standard InChI is InChI=1S/C14H28O6P2/c1-5-17-21(15,18-6-2)14(12-10-9-11-13-14)22(16,19-7-3)20-8-4/h9-10H,5-8,11-13H2,1-4H3. The first-order valence-electron chi connectivity index (χ1n) is 7.88. The highest BCUT2D eigenvalue weighted by atomic mass is 31.2. The Hall–Kier alpha value is 0.0400. The fourth-order valence-corrected chi connectivity index (χ4v) is 8.52. The van der Waals surface area contributed by atoms with Gasteiger partial charge in [0.05, 0.1) is 26.4 Å². The maximum atomic E-state index is 13.5. The van der Waals surface area contributed by atoms with Crippen LogP contribution in [-0.2, 0) is 27.2 Å². The minimum Gasteiger partial charge on any atom is -0.308 e. The summed E-state index contributed by atoms with van der Waals surface area (Å²) in [5.41, 5.74) is 0. The van der Waals surface area contributed by atoms with Crippen LogP contribution in [0.15, 0.2) is 12.2 Å². The second-order valence-electron chi connectivity index (χ2n) is 4.86. The van der Waals surface area contributed by atoms with Crippen LogP contribution in [0, 0.1) is 0 Å².